The number of nitrogens with one attached hydrogen (secondary N) is 4. The highest BCUT2D eigenvalue weighted by molar-refractivity contribution is 6.27. The minimum absolute atomic E-state index is 0.936. The molecule has 8 N–H and O–H groups in total. The molecule has 0 aliphatic heterocycles. The fraction of sp³-hybridized carbons (Fsp3) is 0.308. The van der Waals surface area contributed by atoms with Crippen molar-refractivity contribution in [3.8, 4) is 0 Å². The van der Waals surface area contributed by atoms with Crippen molar-refractivity contribution in [3.05, 3.63) is 83.4 Å². The Bertz CT molecular complexity index is 991. The normalized spacial score (nSPS) is 9.89. The Morgan fingerprint density at radius 1 is 0.605 bits per heavy atom. The van der Waals surface area contributed by atoms with E-state index in [1.807, 2.05) is 12.4 Å². The van der Waals surface area contributed by atoms with Crippen LogP contribution < -0.4 is 10.6 Å². The monoisotopic (exact) mass is 530 g/mol. The molecule has 0 fully saturated rings. The van der Waals surface area contributed by atoms with Gasteiger partial charge in [0.1, 0.15) is 0 Å². The molecule has 38 heavy (non-hydrogen) atoms. The predicted octanol–water partition coefficient (Wildman–Crippen LogP) is 2.10. The molecule has 3 aromatic rings. The van der Waals surface area contributed by atoms with Crippen molar-refractivity contribution in [3.63, 3.8) is 0 Å². The summed E-state index contributed by atoms with van der Waals surface area (Å²) in [6.45, 7) is 3.96. The van der Waals surface area contributed by atoms with Gasteiger partial charge in [0, 0.05) is 36.9 Å². The lowest BCUT2D eigenvalue weighted by Gasteiger charge is -2.08. The van der Waals surface area contributed by atoms with Crippen LogP contribution in [0.2, 0.25) is 0 Å². The molecule has 0 bridgehead atoms. The van der Waals surface area contributed by atoms with Crippen molar-refractivity contribution in [2.24, 2.45) is 0 Å². The first-order chi connectivity index (χ1) is 18.2. The molecule has 0 saturated carbocycles. The summed E-state index contributed by atoms with van der Waals surface area (Å²) in [5.74, 6) is -7.30. The summed E-state index contributed by atoms with van der Waals surface area (Å²) in [4.78, 5) is 42.9. The molecule has 0 saturated heterocycles. The first-order valence-electron chi connectivity index (χ1n) is 11.8. The van der Waals surface area contributed by atoms with Gasteiger partial charge in [0.2, 0.25) is 0 Å². The van der Waals surface area contributed by atoms with E-state index in [1.54, 1.807) is 0 Å². The fourth-order valence-electron chi connectivity index (χ4n) is 3.17. The fourth-order valence-corrected chi connectivity index (χ4v) is 3.17. The molecule has 0 radical (unpaired) electrons. The Morgan fingerprint density at radius 3 is 1.32 bits per heavy atom. The van der Waals surface area contributed by atoms with Gasteiger partial charge in [-0.1, -0.05) is 24.3 Å². The van der Waals surface area contributed by atoms with Crippen LogP contribution in [0.1, 0.15) is 35.4 Å². The summed E-state index contributed by atoms with van der Waals surface area (Å²) in [5.41, 5.74) is 5.35. The molecule has 12 heteroatoms. The Labute approximate surface area is 219 Å². The number of H-pyrrole nitrogens is 2. The summed E-state index contributed by atoms with van der Waals surface area (Å²) >= 11 is 0. The summed E-state index contributed by atoms with van der Waals surface area (Å²) in [7, 11) is 0. The van der Waals surface area contributed by atoms with Crippen molar-refractivity contribution in [1.29, 1.82) is 0 Å². The van der Waals surface area contributed by atoms with Crippen LogP contribution >= 0.6 is 0 Å². The van der Waals surface area contributed by atoms with Crippen LogP contribution in [0.4, 0.5) is 0 Å². The second-order valence-corrected chi connectivity index (χ2v) is 7.99. The van der Waals surface area contributed by atoms with Crippen LogP contribution in [0.3, 0.4) is 0 Å². The average Bonchev–Trinajstić information content (AvgIpc) is 3.59. The van der Waals surface area contributed by atoms with Crippen LogP contribution in [-0.4, -0.2) is 67.4 Å². The van der Waals surface area contributed by atoms with Crippen LogP contribution in [-0.2, 0) is 45.1 Å². The summed E-state index contributed by atoms with van der Waals surface area (Å²) in [5, 5.41) is 36.7. The highest BCUT2D eigenvalue weighted by atomic mass is 16.4. The number of aromatic amines is 2. The lowest BCUT2D eigenvalue weighted by Crippen LogP contribution is -2.17. The Hall–Kier alpha value is -4.42. The topological polar surface area (TPSA) is 205 Å². The zero-order valence-electron chi connectivity index (χ0n) is 20.9. The highest BCUT2D eigenvalue weighted by Gasteiger charge is 2.04. The molecule has 0 unspecified atom stereocenters. The standard InChI is InChI=1S/C22H30N4.2C2H2O4/c1-6-19(17-23-12-2-8-21-10-4-14-25-21)16-20(7-1)18-24-13-3-9-22-11-5-15-26-22;2*3-1(4)2(5)6/h1,4-7,10-11,14-16,23-26H,2-3,8-9,12-13,17-18H2;2*(H,3,4)(H,5,6). The van der Waals surface area contributed by atoms with Gasteiger partial charge >= 0.3 is 23.9 Å². The van der Waals surface area contributed by atoms with Crippen molar-refractivity contribution in [2.75, 3.05) is 13.1 Å². The van der Waals surface area contributed by atoms with Crippen molar-refractivity contribution < 1.29 is 39.6 Å². The smallest absolute Gasteiger partial charge is 0.414 e. The molecular weight excluding hydrogens is 496 g/mol. The van der Waals surface area contributed by atoms with Gasteiger partial charge < -0.3 is 41.0 Å². The van der Waals surface area contributed by atoms with Crippen LogP contribution in [0.5, 0.6) is 0 Å². The third-order valence-electron chi connectivity index (χ3n) is 4.94. The van der Waals surface area contributed by atoms with E-state index in [4.69, 9.17) is 39.6 Å². The van der Waals surface area contributed by atoms with Gasteiger partial charge in [-0.25, -0.2) is 19.2 Å². The number of carbonyl (C=O) groups is 4. The molecule has 2 aromatic heterocycles. The first-order valence-corrected chi connectivity index (χ1v) is 11.8. The zero-order chi connectivity index (χ0) is 28.2. The van der Waals surface area contributed by atoms with Gasteiger partial charge in [-0.15, -0.1) is 0 Å². The van der Waals surface area contributed by atoms with Gasteiger partial charge in [-0.05, 0) is 74.2 Å². The van der Waals surface area contributed by atoms with E-state index in [0.29, 0.717) is 0 Å². The quantitative estimate of drug-likeness (QED) is 0.126. The number of hydrogen-bond donors (Lipinski definition) is 8. The molecular formula is C26H34N4O8. The lowest BCUT2D eigenvalue weighted by molar-refractivity contribution is -0.159. The summed E-state index contributed by atoms with van der Waals surface area (Å²) in [6, 6.07) is 17.3. The lowest BCUT2D eigenvalue weighted by atomic mass is 10.1. The first kappa shape index (κ1) is 31.6. The maximum Gasteiger partial charge on any atom is 0.414 e. The molecule has 12 nitrogen and oxygen atoms in total. The summed E-state index contributed by atoms with van der Waals surface area (Å²) < 4.78 is 0. The molecule has 3 rings (SSSR count). The van der Waals surface area contributed by atoms with Gasteiger partial charge in [0.25, 0.3) is 0 Å². The molecule has 0 aliphatic carbocycles. The van der Waals surface area contributed by atoms with E-state index in [-0.39, 0.29) is 0 Å². The van der Waals surface area contributed by atoms with Gasteiger partial charge in [0.15, 0.2) is 0 Å². The molecule has 0 amide bonds. The number of hydrogen-bond acceptors (Lipinski definition) is 6. The minimum atomic E-state index is -1.82. The third kappa shape index (κ3) is 15.5. The van der Waals surface area contributed by atoms with E-state index in [2.05, 4.69) is 69.1 Å². The Morgan fingerprint density at radius 2 is 1.00 bits per heavy atom. The van der Waals surface area contributed by atoms with Crippen molar-refractivity contribution in [2.45, 2.75) is 38.8 Å². The van der Waals surface area contributed by atoms with Crippen LogP contribution in [0.25, 0.3) is 0 Å². The molecule has 0 atom stereocenters. The Balaban J connectivity index is 0.000000503. The zero-order valence-corrected chi connectivity index (χ0v) is 20.9. The molecule has 0 spiro atoms. The second kappa shape index (κ2) is 18.8. The molecule has 0 aliphatic rings. The molecule has 206 valence electrons. The number of aliphatic carboxylic acids is 4. The number of rotatable bonds is 12. The van der Waals surface area contributed by atoms with Crippen molar-refractivity contribution >= 4 is 23.9 Å². The third-order valence-corrected chi connectivity index (χ3v) is 4.94. The van der Waals surface area contributed by atoms with Crippen LogP contribution in [0.15, 0.2) is 60.9 Å². The number of aryl methyl sites for hydroxylation is 2. The minimum Gasteiger partial charge on any atom is -0.473 e. The van der Waals surface area contributed by atoms with Gasteiger partial charge in [0.05, 0.1) is 0 Å². The van der Waals surface area contributed by atoms with Gasteiger partial charge in [-0.3, -0.25) is 0 Å². The maximum absolute atomic E-state index is 9.10. The predicted molar refractivity (Wildman–Crippen MR) is 139 cm³/mol. The van der Waals surface area contributed by atoms with E-state index >= 15 is 0 Å². The largest absolute Gasteiger partial charge is 0.473 e. The average molecular weight is 531 g/mol. The van der Waals surface area contributed by atoms with E-state index in [1.165, 1.54) is 22.5 Å². The SMILES string of the molecule is O=C(O)C(=O)O.O=C(O)C(=O)O.c1cc(CNCCCc2ccc[nH]2)cc(CNCCCc2ccc[nH]2)c1. The maximum atomic E-state index is 9.10. The highest BCUT2D eigenvalue weighted by Crippen LogP contribution is 2.06. The number of aromatic nitrogens is 2. The van der Waals surface area contributed by atoms with Gasteiger partial charge in [-0.2, -0.15) is 0 Å². The Kier molecular flexibility index (Phi) is 15.6. The van der Waals surface area contributed by atoms with E-state index in [0.717, 1.165) is 51.9 Å². The number of carboxylic acid groups (broad SMARTS) is 4. The number of carboxylic acids is 4. The molecule has 1 aromatic carbocycles. The van der Waals surface area contributed by atoms with Crippen molar-refractivity contribution in [1.82, 2.24) is 20.6 Å². The van der Waals surface area contributed by atoms with E-state index in [9.17, 15) is 0 Å². The molecule has 2 heterocycles. The van der Waals surface area contributed by atoms with E-state index < -0.39 is 23.9 Å². The second-order valence-electron chi connectivity index (χ2n) is 7.99. The summed E-state index contributed by atoms with van der Waals surface area (Å²) in [6.07, 6.45) is 8.49. The van der Waals surface area contributed by atoms with Crippen LogP contribution in [0, 0.1) is 0 Å². The number of benzene rings is 1.